The van der Waals surface area contributed by atoms with Gasteiger partial charge in [0.15, 0.2) is 0 Å². The molecule has 3 nitrogen and oxygen atoms in total. The second-order valence-corrected chi connectivity index (χ2v) is 6.54. The topological polar surface area (TPSA) is 46.3 Å². The van der Waals surface area contributed by atoms with Gasteiger partial charge in [0.2, 0.25) is 5.91 Å². The summed E-state index contributed by atoms with van der Waals surface area (Å²) in [6.07, 6.45) is 3.22. The summed E-state index contributed by atoms with van der Waals surface area (Å²) in [4.78, 5) is 14.3. The normalized spacial score (nSPS) is 23.8. The minimum absolute atomic E-state index is 0.0530. The van der Waals surface area contributed by atoms with Gasteiger partial charge in [-0.2, -0.15) is 0 Å². The molecule has 20 heavy (non-hydrogen) atoms. The summed E-state index contributed by atoms with van der Waals surface area (Å²) in [5, 5.41) is 0.670. The van der Waals surface area contributed by atoms with Crippen LogP contribution in [0.2, 0.25) is 5.02 Å². The van der Waals surface area contributed by atoms with E-state index in [2.05, 4.69) is 22.9 Å². The maximum Gasteiger partial charge on any atom is 0.223 e. The molecule has 1 saturated heterocycles. The van der Waals surface area contributed by atoms with Crippen LogP contribution >= 0.6 is 27.5 Å². The highest BCUT2D eigenvalue weighted by Gasteiger charge is 2.33. The minimum Gasteiger partial charge on any atom is -0.334 e. The first-order valence-corrected chi connectivity index (χ1v) is 8.21. The third kappa shape index (κ3) is 3.35. The Hall–Kier alpha value is -0.580. The molecule has 2 N–H and O–H groups in total. The van der Waals surface area contributed by atoms with Gasteiger partial charge in [-0.15, -0.1) is 0 Å². The molecule has 1 fully saturated rings. The summed E-state index contributed by atoms with van der Waals surface area (Å²) in [5.41, 5.74) is 7.36. The zero-order chi connectivity index (χ0) is 14.7. The molecule has 1 aliphatic rings. The molecule has 2 rings (SSSR count). The predicted octanol–water partition coefficient (Wildman–Crippen LogP) is 3.89. The van der Waals surface area contributed by atoms with Crippen LogP contribution in [0.15, 0.2) is 22.7 Å². The van der Waals surface area contributed by atoms with Crippen molar-refractivity contribution in [3.8, 4) is 0 Å². The second kappa shape index (κ2) is 6.92. The first-order valence-electron chi connectivity index (χ1n) is 7.04. The number of hydrogen-bond donors (Lipinski definition) is 1. The molecule has 0 radical (unpaired) electrons. The number of nitrogens with zero attached hydrogens (tertiary/aromatic N) is 1. The van der Waals surface area contributed by atoms with Crippen LogP contribution in [0.4, 0.5) is 0 Å². The number of hydrogen-bond acceptors (Lipinski definition) is 2. The largest absolute Gasteiger partial charge is 0.334 e. The van der Waals surface area contributed by atoms with E-state index in [1.165, 1.54) is 0 Å². The average Bonchev–Trinajstić information content (AvgIpc) is 2.54. The molecule has 0 bridgehead atoms. The van der Waals surface area contributed by atoms with E-state index in [4.69, 9.17) is 17.3 Å². The SMILES string of the molecule is CCCN1C(=O)CCCC(N)C1c1cc(Cl)ccc1Br. The first kappa shape index (κ1) is 15.8. The second-order valence-electron chi connectivity index (χ2n) is 5.25. The van der Waals surface area contributed by atoms with Crippen LogP contribution in [0.5, 0.6) is 0 Å². The molecule has 2 unspecified atom stereocenters. The highest BCUT2D eigenvalue weighted by Crippen LogP contribution is 2.35. The summed E-state index contributed by atoms with van der Waals surface area (Å²) in [6, 6.07) is 5.52. The molecule has 2 atom stereocenters. The molecule has 1 aromatic carbocycles. The molecule has 0 spiro atoms. The van der Waals surface area contributed by atoms with Gasteiger partial charge in [0.1, 0.15) is 0 Å². The minimum atomic E-state index is -0.0991. The number of benzene rings is 1. The number of carbonyl (C=O) groups excluding carboxylic acids is 1. The summed E-state index contributed by atoms with van der Waals surface area (Å²) in [6.45, 7) is 2.81. The highest BCUT2D eigenvalue weighted by atomic mass is 79.9. The summed E-state index contributed by atoms with van der Waals surface area (Å²) in [5.74, 6) is 0.191. The third-order valence-electron chi connectivity index (χ3n) is 3.73. The molecule has 1 heterocycles. The van der Waals surface area contributed by atoms with Crippen molar-refractivity contribution in [2.45, 2.75) is 44.7 Å². The van der Waals surface area contributed by atoms with E-state index in [0.717, 1.165) is 35.8 Å². The Bertz CT molecular complexity index is 495. The highest BCUT2D eigenvalue weighted by molar-refractivity contribution is 9.10. The fourth-order valence-electron chi connectivity index (χ4n) is 2.82. The molecule has 1 amide bonds. The molecular formula is C15H20BrClN2O. The van der Waals surface area contributed by atoms with Crippen molar-refractivity contribution < 1.29 is 4.79 Å². The van der Waals surface area contributed by atoms with E-state index in [0.29, 0.717) is 11.4 Å². The van der Waals surface area contributed by atoms with Crippen molar-refractivity contribution in [1.29, 1.82) is 0 Å². The quantitative estimate of drug-likeness (QED) is 0.890. The Kier molecular flexibility index (Phi) is 5.47. The van der Waals surface area contributed by atoms with Crippen LogP contribution in [0.3, 0.4) is 0 Å². The smallest absolute Gasteiger partial charge is 0.223 e. The Morgan fingerprint density at radius 3 is 2.95 bits per heavy atom. The van der Waals surface area contributed by atoms with E-state index < -0.39 is 0 Å². The maximum atomic E-state index is 12.4. The maximum absolute atomic E-state index is 12.4. The first-order chi connectivity index (χ1) is 9.54. The number of nitrogens with two attached hydrogens (primary N) is 1. The van der Waals surface area contributed by atoms with E-state index >= 15 is 0 Å². The van der Waals surface area contributed by atoms with Crippen molar-refractivity contribution >= 4 is 33.4 Å². The van der Waals surface area contributed by atoms with Crippen molar-refractivity contribution in [2.75, 3.05) is 6.54 Å². The lowest BCUT2D eigenvalue weighted by Crippen LogP contribution is -2.42. The van der Waals surface area contributed by atoms with Crippen LogP contribution in [0.1, 0.15) is 44.2 Å². The van der Waals surface area contributed by atoms with Crippen LogP contribution in [-0.4, -0.2) is 23.4 Å². The zero-order valence-corrected chi connectivity index (χ0v) is 14.0. The third-order valence-corrected chi connectivity index (χ3v) is 4.69. The average molecular weight is 360 g/mol. The standard InChI is InChI=1S/C15H20BrClN2O/c1-2-8-19-14(20)5-3-4-13(18)15(19)11-9-10(17)6-7-12(11)16/h6-7,9,13,15H,2-5,8,18H2,1H3. The van der Waals surface area contributed by atoms with Crippen LogP contribution in [0, 0.1) is 0 Å². The van der Waals surface area contributed by atoms with Gasteiger partial charge in [-0.25, -0.2) is 0 Å². The van der Waals surface area contributed by atoms with E-state index in [1.807, 2.05) is 23.1 Å². The summed E-state index contributed by atoms with van der Waals surface area (Å²) in [7, 11) is 0. The summed E-state index contributed by atoms with van der Waals surface area (Å²) >= 11 is 9.69. The van der Waals surface area contributed by atoms with Gasteiger partial charge >= 0.3 is 0 Å². The molecular weight excluding hydrogens is 340 g/mol. The predicted molar refractivity (Wildman–Crippen MR) is 85.7 cm³/mol. The lowest BCUT2D eigenvalue weighted by atomic mass is 9.96. The molecule has 5 heteroatoms. The van der Waals surface area contributed by atoms with E-state index in [-0.39, 0.29) is 18.0 Å². The fourth-order valence-corrected chi connectivity index (χ4v) is 3.48. The lowest BCUT2D eigenvalue weighted by molar-refractivity contribution is -0.133. The number of halogens is 2. The van der Waals surface area contributed by atoms with Gasteiger partial charge in [-0.05, 0) is 43.0 Å². The lowest BCUT2D eigenvalue weighted by Gasteiger charge is -2.34. The number of carbonyl (C=O) groups is 1. The number of likely N-dealkylation sites (tertiary alicyclic amines) is 1. The molecule has 0 saturated carbocycles. The molecule has 1 aliphatic heterocycles. The van der Waals surface area contributed by atoms with Crippen molar-refractivity contribution in [3.63, 3.8) is 0 Å². The van der Waals surface area contributed by atoms with Crippen molar-refractivity contribution in [1.82, 2.24) is 4.90 Å². The van der Waals surface area contributed by atoms with Crippen LogP contribution < -0.4 is 5.73 Å². The number of rotatable bonds is 3. The van der Waals surface area contributed by atoms with Gasteiger partial charge in [-0.3, -0.25) is 4.79 Å². The van der Waals surface area contributed by atoms with Crippen LogP contribution in [0.25, 0.3) is 0 Å². The van der Waals surface area contributed by atoms with Gasteiger partial charge in [-0.1, -0.05) is 34.5 Å². The number of amides is 1. The van der Waals surface area contributed by atoms with Gasteiger partial charge < -0.3 is 10.6 Å². The van der Waals surface area contributed by atoms with Gasteiger partial charge in [0, 0.05) is 28.5 Å². The Morgan fingerprint density at radius 2 is 2.25 bits per heavy atom. The Balaban J connectivity index is 2.45. The molecule has 0 aromatic heterocycles. The summed E-state index contributed by atoms with van der Waals surface area (Å²) < 4.78 is 0.957. The Morgan fingerprint density at radius 1 is 1.50 bits per heavy atom. The fraction of sp³-hybridized carbons (Fsp3) is 0.533. The van der Waals surface area contributed by atoms with E-state index in [1.54, 1.807) is 0 Å². The van der Waals surface area contributed by atoms with Gasteiger partial charge in [0.25, 0.3) is 0 Å². The molecule has 0 aliphatic carbocycles. The Labute approximate surface area is 133 Å². The van der Waals surface area contributed by atoms with Crippen molar-refractivity contribution in [2.24, 2.45) is 5.73 Å². The van der Waals surface area contributed by atoms with Crippen LogP contribution in [-0.2, 0) is 4.79 Å². The molecule has 1 aromatic rings. The van der Waals surface area contributed by atoms with Crippen molar-refractivity contribution in [3.05, 3.63) is 33.3 Å². The van der Waals surface area contributed by atoms with Gasteiger partial charge in [0.05, 0.1) is 6.04 Å². The molecule has 110 valence electrons. The van der Waals surface area contributed by atoms with E-state index in [9.17, 15) is 4.79 Å². The zero-order valence-electron chi connectivity index (χ0n) is 11.6. The monoisotopic (exact) mass is 358 g/mol.